The number of carbonyl (C=O) groups excluding carboxylic acids is 3. The molecule has 2 aliphatic rings. The van der Waals surface area contributed by atoms with E-state index in [0.717, 1.165) is 41.2 Å². The fourth-order valence-electron chi connectivity index (χ4n) is 5.43. The van der Waals surface area contributed by atoms with Gasteiger partial charge in [-0.15, -0.1) is 11.3 Å². The quantitative estimate of drug-likeness (QED) is 0.349. The van der Waals surface area contributed by atoms with E-state index in [1.54, 1.807) is 13.1 Å². The van der Waals surface area contributed by atoms with Crippen molar-refractivity contribution in [2.45, 2.75) is 57.4 Å². The predicted molar refractivity (Wildman–Crippen MR) is 155 cm³/mol. The number of ketones is 1. The number of hydrogen-bond donors (Lipinski definition) is 2. The second kappa shape index (κ2) is 14.3. The molecule has 212 valence electrons. The Morgan fingerprint density at radius 2 is 1.97 bits per heavy atom. The van der Waals surface area contributed by atoms with Crippen molar-refractivity contribution >= 4 is 50.8 Å². The lowest BCUT2D eigenvalue weighted by Crippen LogP contribution is -2.46. The first kappa shape index (κ1) is 29.6. The summed E-state index contributed by atoms with van der Waals surface area (Å²) in [4.78, 5) is 45.9. The van der Waals surface area contributed by atoms with Crippen molar-refractivity contribution in [3.8, 4) is 0 Å². The zero-order valence-electron chi connectivity index (χ0n) is 22.7. The van der Waals surface area contributed by atoms with Crippen molar-refractivity contribution in [3.63, 3.8) is 0 Å². The lowest BCUT2D eigenvalue weighted by molar-refractivity contribution is -0.131. The zero-order valence-corrected chi connectivity index (χ0v) is 24.2. The van der Waals surface area contributed by atoms with Gasteiger partial charge in [0.25, 0.3) is 0 Å². The van der Waals surface area contributed by atoms with E-state index < -0.39 is 5.92 Å². The van der Waals surface area contributed by atoms with Gasteiger partial charge in [0.15, 0.2) is 5.78 Å². The number of Topliss-reactive ketones (excluding diaryl/α,β-unsaturated/α-hetero) is 1. The fraction of sp³-hybridized carbons (Fsp3) is 0.586. The standard InChI is InChI=1S/C29H39ClN4O4S/c1-19(18-34-11-3-4-12-34)25(35)8-7-23(20-9-13-38-14-10-20)33-29(37)21(15-27(36)31-2)16-28-32-24-6-5-22(30)17-26(24)39-28/h5-6,17,20-21,23H,1,3-4,7-16,18H2,2H3,(H,31,36)(H,33,37)/t21-,23+/m0/s1. The molecule has 10 heteroatoms. The first-order valence-corrected chi connectivity index (χ1v) is 15.1. The molecule has 2 atom stereocenters. The number of halogens is 1. The number of carbonyl (C=O) groups is 3. The topological polar surface area (TPSA) is 101 Å². The number of fused-ring (bicyclic) bond motifs is 1. The largest absolute Gasteiger partial charge is 0.381 e. The van der Waals surface area contributed by atoms with Crippen molar-refractivity contribution < 1.29 is 19.1 Å². The minimum absolute atomic E-state index is 0.0586. The van der Waals surface area contributed by atoms with Gasteiger partial charge in [0.2, 0.25) is 11.8 Å². The Bertz CT molecular complexity index is 1170. The van der Waals surface area contributed by atoms with Gasteiger partial charge in [-0.2, -0.15) is 0 Å². The van der Waals surface area contributed by atoms with Gasteiger partial charge in [-0.05, 0) is 69.3 Å². The molecule has 4 rings (SSSR count). The number of amides is 2. The van der Waals surface area contributed by atoms with Gasteiger partial charge in [0.05, 0.1) is 21.1 Å². The second-order valence-corrected chi connectivity index (χ2v) is 12.2. The second-order valence-electron chi connectivity index (χ2n) is 10.6. The van der Waals surface area contributed by atoms with Gasteiger partial charge in [0.1, 0.15) is 0 Å². The Labute approximate surface area is 239 Å². The molecular formula is C29H39ClN4O4S. The molecule has 0 saturated carbocycles. The molecule has 0 bridgehead atoms. The molecule has 1 aromatic heterocycles. The van der Waals surface area contributed by atoms with Gasteiger partial charge in [-0.1, -0.05) is 18.2 Å². The number of nitrogens with zero attached hydrogens (tertiary/aromatic N) is 2. The van der Waals surface area contributed by atoms with E-state index in [4.69, 9.17) is 16.3 Å². The molecule has 1 aromatic carbocycles. The van der Waals surface area contributed by atoms with Crippen LogP contribution < -0.4 is 10.6 Å². The fourth-order valence-corrected chi connectivity index (χ4v) is 6.76. The maximum absolute atomic E-state index is 13.7. The highest BCUT2D eigenvalue weighted by Crippen LogP contribution is 2.28. The van der Waals surface area contributed by atoms with Crippen LogP contribution in [0.25, 0.3) is 10.2 Å². The monoisotopic (exact) mass is 574 g/mol. The summed E-state index contributed by atoms with van der Waals surface area (Å²) < 4.78 is 6.50. The maximum Gasteiger partial charge on any atom is 0.224 e. The molecule has 2 fully saturated rings. The third kappa shape index (κ3) is 8.58. The van der Waals surface area contributed by atoms with E-state index in [1.165, 1.54) is 24.2 Å². The highest BCUT2D eigenvalue weighted by molar-refractivity contribution is 7.18. The van der Waals surface area contributed by atoms with Gasteiger partial charge in [0, 0.05) is 62.7 Å². The smallest absolute Gasteiger partial charge is 0.224 e. The van der Waals surface area contributed by atoms with E-state index in [-0.39, 0.29) is 36.0 Å². The van der Waals surface area contributed by atoms with Crippen LogP contribution in [0.15, 0.2) is 30.4 Å². The summed E-state index contributed by atoms with van der Waals surface area (Å²) in [6.07, 6.45) is 5.28. The van der Waals surface area contributed by atoms with Crippen molar-refractivity contribution in [1.29, 1.82) is 0 Å². The van der Waals surface area contributed by atoms with Gasteiger partial charge < -0.3 is 15.4 Å². The van der Waals surface area contributed by atoms with E-state index in [2.05, 4.69) is 27.1 Å². The molecule has 39 heavy (non-hydrogen) atoms. The number of aromatic nitrogens is 1. The molecule has 0 aliphatic carbocycles. The van der Waals surface area contributed by atoms with Crippen molar-refractivity contribution in [2.75, 3.05) is 39.9 Å². The van der Waals surface area contributed by atoms with Crippen LogP contribution in [0.1, 0.15) is 50.0 Å². The van der Waals surface area contributed by atoms with Gasteiger partial charge in [-0.25, -0.2) is 4.98 Å². The Balaban J connectivity index is 1.43. The van der Waals surface area contributed by atoms with Crippen LogP contribution in [-0.4, -0.2) is 73.4 Å². The molecule has 2 amide bonds. The number of benzene rings is 1. The summed E-state index contributed by atoms with van der Waals surface area (Å²) in [6, 6.07) is 5.34. The summed E-state index contributed by atoms with van der Waals surface area (Å²) in [5.74, 6) is -0.689. The van der Waals surface area contributed by atoms with E-state index >= 15 is 0 Å². The van der Waals surface area contributed by atoms with Crippen LogP contribution in [0.4, 0.5) is 0 Å². The van der Waals surface area contributed by atoms with Crippen molar-refractivity contribution in [1.82, 2.24) is 20.5 Å². The summed E-state index contributed by atoms with van der Waals surface area (Å²) in [7, 11) is 1.57. The first-order chi connectivity index (χ1) is 18.8. The minimum Gasteiger partial charge on any atom is -0.381 e. The maximum atomic E-state index is 13.7. The minimum atomic E-state index is -0.579. The third-order valence-corrected chi connectivity index (χ3v) is 9.03. The molecule has 2 aromatic rings. The number of nitrogens with one attached hydrogen (secondary N) is 2. The highest BCUT2D eigenvalue weighted by Gasteiger charge is 2.30. The SMILES string of the molecule is C=C(CN1CCCC1)C(=O)CC[C@@H](NC(=O)[C@@H](CC(=O)NC)Cc1nc2ccc(Cl)cc2s1)C1CCOCC1. The Hall–Kier alpha value is -2.33. The lowest BCUT2D eigenvalue weighted by atomic mass is 9.87. The molecule has 2 saturated heterocycles. The zero-order chi connectivity index (χ0) is 27.8. The molecule has 0 spiro atoms. The van der Waals surface area contributed by atoms with Gasteiger partial charge >= 0.3 is 0 Å². The molecule has 0 radical (unpaired) electrons. The molecule has 2 N–H and O–H groups in total. The average Bonchev–Trinajstić information content (AvgIpc) is 3.59. The number of ether oxygens (including phenoxy) is 1. The Kier molecular flexibility index (Phi) is 10.9. The van der Waals surface area contributed by atoms with Crippen LogP contribution in [0, 0.1) is 11.8 Å². The summed E-state index contributed by atoms with van der Waals surface area (Å²) in [6.45, 7) is 7.99. The summed E-state index contributed by atoms with van der Waals surface area (Å²) in [5, 5.41) is 7.29. The molecule has 8 nitrogen and oxygen atoms in total. The van der Waals surface area contributed by atoms with E-state index in [9.17, 15) is 14.4 Å². The Morgan fingerprint density at radius 1 is 1.23 bits per heavy atom. The average molecular weight is 575 g/mol. The van der Waals surface area contributed by atoms with Crippen molar-refractivity contribution in [3.05, 3.63) is 40.4 Å². The molecule has 3 heterocycles. The molecule has 2 aliphatic heterocycles. The normalized spacial score (nSPS) is 18.1. The summed E-state index contributed by atoms with van der Waals surface area (Å²) >= 11 is 7.62. The number of rotatable bonds is 13. The highest BCUT2D eigenvalue weighted by atomic mass is 35.5. The summed E-state index contributed by atoms with van der Waals surface area (Å²) in [5.41, 5.74) is 1.47. The van der Waals surface area contributed by atoms with Crippen LogP contribution in [0.5, 0.6) is 0 Å². The van der Waals surface area contributed by atoms with Gasteiger partial charge in [-0.3, -0.25) is 19.3 Å². The van der Waals surface area contributed by atoms with Crippen LogP contribution in [-0.2, 0) is 25.5 Å². The number of thiazole rings is 1. The molecular weight excluding hydrogens is 536 g/mol. The lowest BCUT2D eigenvalue weighted by Gasteiger charge is -2.32. The number of likely N-dealkylation sites (tertiary alicyclic amines) is 1. The van der Waals surface area contributed by atoms with Crippen molar-refractivity contribution in [2.24, 2.45) is 11.8 Å². The van der Waals surface area contributed by atoms with Crippen LogP contribution in [0.3, 0.4) is 0 Å². The first-order valence-electron chi connectivity index (χ1n) is 13.9. The van der Waals surface area contributed by atoms with E-state index in [1.807, 2.05) is 12.1 Å². The number of hydrogen-bond acceptors (Lipinski definition) is 7. The molecule has 0 unspecified atom stereocenters. The predicted octanol–water partition coefficient (Wildman–Crippen LogP) is 4.16. The van der Waals surface area contributed by atoms with Crippen LogP contribution in [0.2, 0.25) is 5.02 Å². The Morgan fingerprint density at radius 3 is 2.69 bits per heavy atom. The van der Waals surface area contributed by atoms with E-state index in [0.29, 0.717) is 49.6 Å². The van der Waals surface area contributed by atoms with Crippen LogP contribution >= 0.6 is 22.9 Å². The third-order valence-electron chi connectivity index (χ3n) is 7.75.